The molecule has 0 saturated heterocycles. The van der Waals surface area contributed by atoms with Crippen molar-refractivity contribution in [3.63, 3.8) is 0 Å². The van der Waals surface area contributed by atoms with Gasteiger partial charge in [0, 0.05) is 0 Å². The van der Waals surface area contributed by atoms with Gasteiger partial charge in [-0.05, 0) is 24.1 Å². The molecule has 0 aliphatic carbocycles. The minimum atomic E-state index is -0.706. The molecule has 3 N–H and O–H groups in total. The highest BCUT2D eigenvalue weighted by molar-refractivity contribution is 5.94. The second-order valence-corrected chi connectivity index (χ2v) is 4.27. The maximum Gasteiger partial charge on any atom is 0.241 e. The summed E-state index contributed by atoms with van der Waals surface area (Å²) in [5, 5.41) is 2.49. The summed E-state index contributed by atoms with van der Waals surface area (Å²) in [5.41, 5.74) is 6.93. The van der Waals surface area contributed by atoms with E-state index in [9.17, 15) is 9.18 Å². The number of para-hydroxylation sites is 1. The van der Waals surface area contributed by atoms with Crippen molar-refractivity contribution in [1.29, 1.82) is 0 Å². The number of hydrogen-bond donors (Lipinski definition) is 2. The fourth-order valence-electron chi connectivity index (χ4n) is 1.75. The lowest BCUT2D eigenvalue weighted by Gasteiger charge is -2.12. The van der Waals surface area contributed by atoms with Crippen LogP contribution in [-0.2, 0) is 11.2 Å². The number of carbonyl (C=O) groups excluding carboxylic acids is 1. The lowest BCUT2D eigenvalue weighted by molar-refractivity contribution is -0.117. The molecule has 0 bridgehead atoms. The van der Waals surface area contributed by atoms with Crippen LogP contribution in [0.3, 0.4) is 0 Å². The Morgan fingerprint density at radius 1 is 1.11 bits per heavy atom. The first-order valence-corrected chi connectivity index (χ1v) is 6.01. The van der Waals surface area contributed by atoms with Crippen molar-refractivity contribution in [3.8, 4) is 0 Å². The van der Waals surface area contributed by atoms with Gasteiger partial charge >= 0.3 is 0 Å². The van der Waals surface area contributed by atoms with Crippen molar-refractivity contribution in [2.24, 2.45) is 5.73 Å². The molecule has 1 amide bonds. The summed E-state index contributed by atoms with van der Waals surface area (Å²) in [4.78, 5) is 11.9. The Morgan fingerprint density at radius 3 is 2.42 bits per heavy atom. The van der Waals surface area contributed by atoms with E-state index in [-0.39, 0.29) is 5.69 Å². The Morgan fingerprint density at radius 2 is 1.74 bits per heavy atom. The number of anilines is 1. The first-order valence-electron chi connectivity index (χ1n) is 6.01. The average molecular weight is 258 g/mol. The van der Waals surface area contributed by atoms with Crippen LogP contribution in [0, 0.1) is 5.82 Å². The zero-order valence-electron chi connectivity index (χ0n) is 10.3. The molecule has 1 atom stereocenters. The van der Waals surface area contributed by atoms with Crippen LogP contribution >= 0.6 is 0 Å². The molecule has 0 saturated carbocycles. The van der Waals surface area contributed by atoms with Crippen LogP contribution in [0.4, 0.5) is 10.1 Å². The molecule has 3 nitrogen and oxygen atoms in total. The third-order valence-corrected chi connectivity index (χ3v) is 2.77. The van der Waals surface area contributed by atoms with Crippen molar-refractivity contribution in [1.82, 2.24) is 0 Å². The fraction of sp³-hybridized carbons (Fsp3) is 0.133. The molecule has 19 heavy (non-hydrogen) atoms. The maximum absolute atomic E-state index is 13.4. The Bertz CT molecular complexity index is 557. The predicted octanol–water partition coefficient (Wildman–Crippen LogP) is 2.33. The van der Waals surface area contributed by atoms with Gasteiger partial charge in [0.05, 0.1) is 11.7 Å². The Hall–Kier alpha value is -2.20. The Balaban J connectivity index is 1.99. The van der Waals surface area contributed by atoms with E-state index >= 15 is 0 Å². The topological polar surface area (TPSA) is 55.1 Å². The van der Waals surface area contributed by atoms with E-state index in [1.807, 2.05) is 30.3 Å². The van der Waals surface area contributed by atoms with Gasteiger partial charge in [-0.25, -0.2) is 4.39 Å². The van der Waals surface area contributed by atoms with Crippen LogP contribution in [0.2, 0.25) is 0 Å². The van der Waals surface area contributed by atoms with E-state index in [1.54, 1.807) is 12.1 Å². The van der Waals surface area contributed by atoms with E-state index in [2.05, 4.69) is 5.32 Å². The van der Waals surface area contributed by atoms with E-state index in [1.165, 1.54) is 12.1 Å². The molecule has 0 fully saturated rings. The standard InChI is InChI=1S/C15H15FN2O/c16-12-8-4-5-9-14(12)18-15(19)13(17)10-11-6-2-1-3-7-11/h1-9,13H,10,17H2,(H,18,19)/t13-/m1/s1. The van der Waals surface area contributed by atoms with Crippen LogP contribution in [0.1, 0.15) is 5.56 Å². The third kappa shape index (κ3) is 3.63. The quantitative estimate of drug-likeness (QED) is 0.884. The first kappa shape index (κ1) is 13.2. The summed E-state index contributed by atoms with van der Waals surface area (Å²) >= 11 is 0. The van der Waals surface area contributed by atoms with Crippen LogP contribution in [0.15, 0.2) is 54.6 Å². The lowest BCUT2D eigenvalue weighted by atomic mass is 10.1. The number of benzene rings is 2. The predicted molar refractivity (Wildman–Crippen MR) is 73.2 cm³/mol. The molecule has 0 radical (unpaired) electrons. The van der Waals surface area contributed by atoms with Gasteiger partial charge in [0.25, 0.3) is 0 Å². The van der Waals surface area contributed by atoms with E-state index in [0.29, 0.717) is 6.42 Å². The van der Waals surface area contributed by atoms with Crippen LogP contribution in [0.5, 0.6) is 0 Å². The summed E-state index contributed by atoms with van der Waals surface area (Å²) in [7, 11) is 0. The number of nitrogens with one attached hydrogen (secondary N) is 1. The second-order valence-electron chi connectivity index (χ2n) is 4.27. The normalized spacial score (nSPS) is 11.9. The molecule has 98 valence electrons. The maximum atomic E-state index is 13.4. The lowest BCUT2D eigenvalue weighted by Crippen LogP contribution is -2.37. The van der Waals surface area contributed by atoms with E-state index in [4.69, 9.17) is 5.73 Å². The van der Waals surface area contributed by atoms with Crippen molar-refractivity contribution in [2.75, 3.05) is 5.32 Å². The largest absolute Gasteiger partial charge is 0.322 e. The average Bonchev–Trinajstić information content (AvgIpc) is 2.42. The van der Waals surface area contributed by atoms with Crippen LogP contribution in [-0.4, -0.2) is 11.9 Å². The molecule has 2 aromatic rings. The van der Waals surface area contributed by atoms with Crippen LogP contribution < -0.4 is 11.1 Å². The van der Waals surface area contributed by atoms with Crippen LogP contribution in [0.25, 0.3) is 0 Å². The van der Waals surface area contributed by atoms with Gasteiger partial charge in [-0.3, -0.25) is 4.79 Å². The summed E-state index contributed by atoms with van der Waals surface area (Å²) in [5.74, 6) is -0.864. The van der Waals surface area contributed by atoms with Gasteiger partial charge in [0.15, 0.2) is 0 Å². The number of halogens is 1. The highest BCUT2D eigenvalue weighted by Crippen LogP contribution is 2.13. The van der Waals surface area contributed by atoms with Gasteiger partial charge in [-0.15, -0.1) is 0 Å². The molecule has 0 aliphatic rings. The van der Waals surface area contributed by atoms with Gasteiger partial charge in [-0.1, -0.05) is 42.5 Å². The Labute approximate surface area is 111 Å². The molecule has 4 heteroatoms. The van der Waals surface area contributed by atoms with Crippen molar-refractivity contribution >= 4 is 11.6 Å². The molecule has 0 aliphatic heterocycles. The molecular weight excluding hydrogens is 243 g/mol. The van der Waals surface area contributed by atoms with E-state index < -0.39 is 17.8 Å². The van der Waals surface area contributed by atoms with Gasteiger partial charge in [0.2, 0.25) is 5.91 Å². The molecule has 2 aromatic carbocycles. The first-order chi connectivity index (χ1) is 9.16. The highest BCUT2D eigenvalue weighted by Gasteiger charge is 2.15. The number of hydrogen-bond acceptors (Lipinski definition) is 2. The minimum Gasteiger partial charge on any atom is -0.322 e. The molecule has 0 aromatic heterocycles. The zero-order valence-corrected chi connectivity index (χ0v) is 10.3. The summed E-state index contributed by atoms with van der Waals surface area (Å²) in [6, 6.07) is 14.8. The number of nitrogens with two attached hydrogens (primary N) is 1. The molecular formula is C15H15FN2O. The molecule has 0 spiro atoms. The minimum absolute atomic E-state index is 0.149. The zero-order chi connectivity index (χ0) is 13.7. The fourth-order valence-corrected chi connectivity index (χ4v) is 1.75. The molecule has 0 unspecified atom stereocenters. The monoisotopic (exact) mass is 258 g/mol. The number of amides is 1. The summed E-state index contributed by atoms with van der Waals surface area (Å²) < 4.78 is 13.4. The van der Waals surface area contributed by atoms with Crippen molar-refractivity contribution in [2.45, 2.75) is 12.5 Å². The second kappa shape index (κ2) is 6.11. The van der Waals surface area contributed by atoms with Crippen molar-refractivity contribution < 1.29 is 9.18 Å². The molecule has 0 heterocycles. The third-order valence-electron chi connectivity index (χ3n) is 2.77. The number of carbonyl (C=O) groups is 1. The SMILES string of the molecule is N[C@H](Cc1ccccc1)C(=O)Nc1ccccc1F. The summed E-state index contributed by atoms with van der Waals surface area (Å²) in [6.07, 6.45) is 0.418. The smallest absolute Gasteiger partial charge is 0.241 e. The van der Waals surface area contributed by atoms with E-state index in [0.717, 1.165) is 5.56 Å². The van der Waals surface area contributed by atoms with Gasteiger partial charge in [-0.2, -0.15) is 0 Å². The van der Waals surface area contributed by atoms with Gasteiger partial charge in [0.1, 0.15) is 5.82 Å². The van der Waals surface area contributed by atoms with Crippen molar-refractivity contribution in [3.05, 3.63) is 66.0 Å². The highest BCUT2D eigenvalue weighted by atomic mass is 19.1. The Kier molecular flexibility index (Phi) is 4.26. The number of rotatable bonds is 4. The van der Waals surface area contributed by atoms with Gasteiger partial charge < -0.3 is 11.1 Å². The summed E-state index contributed by atoms with van der Waals surface area (Å²) in [6.45, 7) is 0. The molecule has 2 rings (SSSR count).